The van der Waals surface area contributed by atoms with Crippen LogP contribution in [-0.2, 0) is 4.79 Å². The first-order valence-electron chi connectivity index (χ1n) is 6.20. The highest BCUT2D eigenvalue weighted by Crippen LogP contribution is 2.54. The molecule has 0 saturated heterocycles. The number of carbonyl (C=O) groups is 1. The summed E-state index contributed by atoms with van der Waals surface area (Å²) in [4.78, 5) is 12.0. The molecule has 2 aliphatic carbocycles. The third-order valence-corrected chi connectivity index (χ3v) is 4.31. The highest BCUT2D eigenvalue weighted by Gasteiger charge is 2.47. The summed E-state index contributed by atoms with van der Waals surface area (Å²) < 4.78 is 0. The molecule has 3 rings (SSSR count). The van der Waals surface area contributed by atoms with Gasteiger partial charge in [-0.15, -0.1) is 0 Å². The number of benzene rings is 1. The van der Waals surface area contributed by atoms with Gasteiger partial charge in [0.25, 0.3) is 0 Å². The minimum atomic E-state index is 0.142. The normalized spacial score (nSPS) is 29.9. The molecule has 2 unspecified atom stereocenters. The fraction of sp³-hybridized carbons (Fsp3) is 0.500. The lowest BCUT2D eigenvalue weighted by Gasteiger charge is -2.13. The highest BCUT2D eigenvalue weighted by atomic mass is 35.5. The van der Waals surface area contributed by atoms with E-state index < -0.39 is 0 Å². The van der Waals surface area contributed by atoms with Gasteiger partial charge in [-0.3, -0.25) is 4.79 Å². The van der Waals surface area contributed by atoms with Crippen LogP contribution in [-0.4, -0.2) is 5.91 Å². The number of aryl methyl sites for hydroxylation is 1. The highest BCUT2D eigenvalue weighted by molar-refractivity contribution is 6.33. The number of rotatable bonds is 2. The molecular weight excluding hydrogens is 234 g/mol. The molecule has 1 N–H and O–H groups in total. The first-order chi connectivity index (χ1) is 8.13. The summed E-state index contributed by atoms with van der Waals surface area (Å²) in [5, 5.41) is 3.58. The molecule has 0 aliphatic heterocycles. The quantitative estimate of drug-likeness (QED) is 0.852. The molecular formula is C14H16ClNO. The average molecular weight is 250 g/mol. The lowest BCUT2D eigenvalue weighted by atomic mass is 10.0. The van der Waals surface area contributed by atoms with Crippen molar-refractivity contribution < 1.29 is 4.79 Å². The SMILES string of the molecule is Cc1ccc(NC(=O)C2CC3CC3C2)c(Cl)c1. The molecule has 1 amide bonds. The lowest BCUT2D eigenvalue weighted by molar-refractivity contribution is -0.120. The largest absolute Gasteiger partial charge is 0.325 e. The summed E-state index contributed by atoms with van der Waals surface area (Å²) in [6.45, 7) is 1.99. The average Bonchev–Trinajstić information content (AvgIpc) is 2.89. The van der Waals surface area contributed by atoms with Crippen LogP contribution in [0.2, 0.25) is 5.02 Å². The van der Waals surface area contributed by atoms with Crippen LogP contribution in [0.4, 0.5) is 5.69 Å². The Morgan fingerprint density at radius 3 is 2.65 bits per heavy atom. The van der Waals surface area contributed by atoms with Gasteiger partial charge in [-0.1, -0.05) is 17.7 Å². The van der Waals surface area contributed by atoms with E-state index in [1.54, 1.807) is 0 Å². The summed E-state index contributed by atoms with van der Waals surface area (Å²) in [5.41, 5.74) is 1.85. The Balaban J connectivity index is 1.67. The zero-order valence-electron chi connectivity index (χ0n) is 9.87. The van der Waals surface area contributed by atoms with Gasteiger partial charge in [0.05, 0.1) is 10.7 Å². The predicted molar refractivity (Wildman–Crippen MR) is 69.1 cm³/mol. The number of hydrogen-bond donors (Lipinski definition) is 1. The maximum absolute atomic E-state index is 12.0. The monoisotopic (exact) mass is 249 g/mol. The van der Waals surface area contributed by atoms with Gasteiger partial charge in [-0.05, 0) is 55.7 Å². The van der Waals surface area contributed by atoms with E-state index in [1.165, 1.54) is 6.42 Å². The third-order valence-electron chi connectivity index (χ3n) is 4.00. The maximum Gasteiger partial charge on any atom is 0.227 e. The molecule has 2 fully saturated rings. The Bertz CT molecular complexity index is 461. The molecule has 3 heteroatoms. The molecule has 1 aromatic rings. The number of hydrogen-bond acceptors (Lipinski definition) is 1. The van der Waals surface area contributed by atoms with Gasteiger partial charge in [0, 0.05) is 5.92 Å². The fourth-order valence-electron chi connectivity index (χ4n) is 2.89. The van der Waals surface area contributed by atoms with Crippen LogP contribution in [0.15, 0.2) is 18.2 Å². The van der Waals surface area contributed by atoms with Crippen molar-refractivity contribution in [2.24, 2.45) is 17.8 Å². The number of halogens is 1. The smallest absolute Gasteiger partial charge is 0.227 e. The van der Waals surface area contributed by atoms with Crippen LogP contribution < -0.4 is 5.32 Å². The minimum Gasteiger partial charge on any atom is -0.325 e. The van der Waals surface area contributed by atoms with Gasteiger partial charge in [0.15, 0.2) is 0 Å². The van der Waals surface area contributed by atoms with Crippen molar-refractivity contribution in [1.29, 1.82) is 0 Å². The van der Waals surface area contributed by atoms with E-state index in [1.807, 2.05) is 25.1 Å². The summed E-state index contributed by atoms with van der Waals surface area (Å²) in [6, 6.07) is 5.72. The second-order valence-corrected chi connectivity index (χ2v) is 5.80. The van der Waals surface area contributed by atoms with Gasteiger partial charge >= 0.3 is 0 Å². The maximum atomic E-state index is 12.0. The number of amides is 1. The molecule has 2 aliphatic rings. The van der Waals surface area contributed by atoms with E-state index in [2.05, 4.69) is 5.32 Å². The van der Waals surface area contributed by atoms with Gasteiger partial charge in [0.1, 0.15) is 0 Å². The van der Waals surface area contributed by atoms with Crippen molar-refractivity contribution in [1.82, 2.24) is 0 Å². The molecule has 2 atom stereocenters. The summed E-state index contributed by atoms with van der Waals surface area (Å²) in [7, 11) is 0. The number of anilines is 1. The van der Waals surface area contributed by atoms with Crippen LogP contribution in [0.3, 0.4) is 0 Å². The first-order valence-corrected chi connectivity index (χ1v) is 6.58. The lowest BCUT2D eigenvalue weighted by Crippen LogP contribution is -2.21. The van der Waals surface area contributed by atoms with E-state index in [-0.39, 0.29) is 11.8 Å². The zero-order valence-corrected chi connectivity index (χ0v) is 10.6. The van der Waals surface area contributed by atoms with Gasteiger partial charge in [-0.2, -0.15) is 0 Å². The van der Waals surface area contributed by atoms with Crippen molar-refractivity contribution in [3.8, 4) is 0 Å². The summed E-state index contributed by atoms with van der Waals surface area (Å²) in [5.74, 6) is 2.01. The van der Waals surface area contributed by atoms with Gasteiger partial charge < -0.3 is 5.32 Å². The Morgan fingerprint density at radius 1 is 1.29 bits per heavy atom. The zero-order chi connectivity index (χ0) is 12.0. The van der Waals surface area contributed by atoms with Crippen molar-refractivity contribution in [3.63, 3.8) is 0 Å². The van der Waals surface area contributed by atoms with Crippen molar-refractivity contribution >= 4 is 23.2 Å². The number of nitrogens with one attached hydrogen (secondary N) is 1. The molecule has 2 saturated carbocycles. The molecule has 2 nitrogen and oxygen atoms in total. The fourth-order valence-corrected chi connectivity index (χ4v) is 3.17. The Hall–Kier alpha value is -1.02. The molecule has 0 spiro atoms. The van der Waals surface area contributed by atoms with E-state index in [4.69, 9.17) is 11.6 Å². The topological polar surface area (TPSA) is 29.1 Å². The van der Waals surface area contributed by atoms with E-state index in [0.29, 0.717) is 5.02 Å². The second-order valence-electron chi connectivity index (χ2n) is 5.40. The van der Waals surface area contributed by atoms with Crippen molar-refractivity contribution in [2.75, 3.05) is 5.32 Å². The molecule has 0 radical (unpaired) electrons. The molecule has 1 aromatic carbocycles. The van der Waals surface area contributed by atoms with Crippen LogP contribution >= 0.6 is 11.6 Å². The van der Waals surface area contributed by atoms with Crippen LogP contribution in [0.5, 0.6) is 0 Å². The minimum absolute atomic E-state index is 0.142. The van der Waals surface area contributed by atoms with E-state index >= 15 is 0 Å². The molecule has 17 heavy (non-hydrogen) atoms. The Morgan fingerprint density at radius 2 is 2.00 bits per heavy atom. The van der Waals surface area contributed by atoms with E-state index in [9.17, 15) is 4.79 Å². The third kappa shape index (κ3) is 2.19. The predicted octanol–water partition coefficient (Wildman–Crippen LogP) is 3.63. The molecule has 0 bridgehead atoms. The second kappa shape index (κ2) is 4.02. The Labute approximate surface area is 106 Å². The summed E-state index contributed by atoms with van der Waals surface area (Å²) in [6.07, 6.45) is 3.48. The Kier molecular flexibility index (Phi) is 2.62. The standard InChI is InChI=1S/C14H16ClNO/c1-8-2-3-13(12(15)4-8)16-14(17)11-6-9-5-10(9)7-11/h2-4,9-11H,5-7H2,1H3,(H,16,17). The first kappa shape index (κ1) is 11.1. The van der Waals surface area contributed by atoms with Crippen LogP contribution in [0.1, 0.15) is 24.8 Å². The molecule has 0 heterocycles. The van der Waals surface area contributed by atoms with Gasteiger partial charge in [-0.25, -0.2) is 0 Å². The van der Waals surface area contributed by atoms with E-state index in [0.717, 1.165) is 35.9 Å². The molecule has 90 valence electrons. The van der Waals surface area contributed by atoms with Crippen molar-refractivity contribution in [2.45, 2.75) is 26.2 Å². The van der Waals surface area contributed by atoms with Crippen LogP contribution in [0, 0.1) is 24.7 Å². The number of carbonyl (C=O) groups excluding carboxylic acids is 1. The van der Waals surface area contributed by atoms with Crippen LogP contribution in [0.25, 0.3) is 0 Å². The summed E-state index contributed by atoms with van der Waals surface area (Å²) >= 11 is 6.10. The molecule has 0 aromatic heterocycles. The van der Waals surface area contributed by atoms with Crippen molar-refractivity contribution in [3.05, 3.63) is 28.8 Å². The van der Waals surface area contributed by atoms with Gasteiger partial charge in [0.2, 0.25) is 5.91 Å². The number of fused-ring (bicyclic) bond motifs is 1.